The van der Waals surface area contributed by atoms with Crippen LogP contribution in [0.25, 0.3) is 11.0 Å². The topological polar surface area (TPSA) is 43.1 Å². The molecule has 0 fully saturated rings. The first kappa shape index (κ1) is 7.98. The van der Waals surface area contributed by atoms with Gasteiger partial charge in [0.2, 0.25) is 0 Å². The minimum absolute atomic E-state index is 0.497. The van der Waals surface area contributed by atoms with Crippen molar-refractivity contribution in [2.45, 2.75) is 12.8 Å². The van der Waals surface area contributed by atoms with E-state index in [0.717, 1.165) is 22.9 Å². The van der Waals surface area contributed by atoms with Gasteiger partial charge in [-0.3, -0.25) is 0 Å². The molecule has 0 radical (unpaired) electrons. The lowest BCUT2D eigenvalue weighted by molar-refractivity contribution is -0.107. The maximum atomic E-state index is 10.2. The molecule has 3 heteroatoms. The first-order valence-electron chi connectivity index (χ1n) is 4.19. The number of aldehydes is 1. The molecule has 0 unspecified atom stereocenters. The van der Waals surface area contributed by atoms with Gasteiger partial charge in [-0.15, -0.1) is 0 Å². The first-order chi connectivity index (χ1) is 6.42. The molecule has 66 valence electrons. The molecule has 2 aromatic rings. The number of hydrogen-bond donors (Lipinski definition) is 0. The average Bonchev–Trinajstić information content (AvgIpc) is 2.58. The second-order valence-electron chi connectivity index (χ2n) is 2.83. The molecular weight excluding hydrogens is 166 g/mol. The molecule has 1 aromatic carbocycles. The summed E-state index contributed by atoms with van der Waals surface area (Å²) in [5.41, 5.74) is 1.64. The molecule has 2 rings (SSSR count). The van der Waals surface area contributed by atoms with Gasteiger partial charge in [0.15, 0.2) is 5.58 Å². The quantitative estimate of drug-likeness (QED) is 0.669. The van der Waals surface area contributed by atoms with Crippen LogP contribution in [-0.4, -0.2) is 11.4 Å². The van der Waals surface area contributed by atoms with Crippen molar-refractivity contribution < 1.29 is 9.32 Å². The molecule has 0 aliphatic carbocycles. The third kappa shape index (κ3) is 1.45. The molecule has 1 heterocycles. The van der Waals surface area contributed by atoms with E-state index in [9.17, 15) is 4.79 Å². The minimum atomic E-state index is 0.497. The van der Waals surface area contributed by atoms with Gasteiger partial charge in [-0.2, -0.15) is 0 Å². The van der Waals surface area contributed by atoms with Gasteiger partial charge in [-0.1, -0.05) is 17.3 Å². The van der Waals surface area contributed by atoms with Crippen molar-refractivity contribution in [3.63, 3.8) is 0 Å². The fraction of sp³-hybridized carbons (Fsp3) is 0.200. The molecule has 0 N–H and O–H groups in total. The summed E-state index contributed by atoms with van der Waals surface area (Å²) in [6, 6.07) is 7.65. The zero-order valence-corrected chi connectivity index (χ0v) is 7.06. The second kappa shape index (κ2) is 3.39. The van der Waals surface area contributed by atoms with E-state index in [0.29, 0.717) is 12.8 Å². The third-order valence-electron chi connectivity index (χ3n) is 1.95. The van der Waals surface area contributed by atoms with Crippen LogP contribution < -0.4 is 0 Å². The number of carbonyl (C=O) groups is 1. The summed E-state index contributed by atoms with van der Waals surface area (Å²) in [4.78, 5) is 10.2. The summed E-state index contributed by atoms with van der Waals surface area (Å²) in [5, 5.41) is 4.90. The Morgan fingerprint density at radius 1 is 1.38 bits per heavy atom. The van der Waals surface area contributed by atoms with E-state index in [1.165, 1.54) is 0 Å². The van der Waals surface area contributed by atoms with Crippen LogP contribution in [0, 0.1) is 0 Å². The summed E-state index contributed by atoms with van der Waals surface area (Å²) in [6.07, 6.45) is 2.04. The number of hydrogen-bond acceptors (Lipinski definition) is 3. The van der Waals surface area contributed by atoms with Gasteiger partial charge >= 0.3 is 0 Å². The fourth-order valence-electron chi connectivity index (χ4n) is 1.31. The molecule has 3 nitrogen and oxygen atoms in total. The van der Waals surface area contributed by atoms with E-state index >= 15 is 0 Å². The smallest absolute Gasteiger partial charge is 0.167 e. The van der Waals surface area contributed by atoms with Crippen LogP contribution in [0.15, 0.2) is 28.8 Å². The van der Waals surface area contributed by atoms with Crippen LogP contribution in [0.2, 0.25) is 0 Å². The van der Waals surface area contributed by atoms with Crippen LogP contribution in [0.5, 0.6) is 0 Å². The highest BCUT2D eigenvalue weighted by molar-refractivity contribution is 5.79. The summed E-state index contributed by atoms with van der Waals surface area (Å²) in [6.45, 7) is 0. The molecule has 13 heavy (non-hydrogen) atoms. The lowest BCUT2D eigenvalue weighted by Gasteiger charge is -1.88. The molecular formula is C10H9NO2. The highest BCUT2D eigenvalue weighted by Crippen LogP contribution is 2.18. The van der Waals surface area contributed by atoms with Crippen LogP contribution in [0.4, 0.5) is 0 Å². The summed E-state index contributed by atoms with van der Waals surface area (Å²) in [7, 11) is 0. The number of fused-ring (bicyclic) bond motifs is 1. The Labute approximate surface area is 75.3 Å². The van der Waals surface area contributed by atoms with E-state index in [4.69, 9.17) is 4.52 Å². The Morgan fingerprint density at radius 2 is 2.23 bits per heavy atom. The summed E-state index contributed by atoms with van der Waals surface area (Å²) < 4.78 is 5.08. The highest BCUT2D eigenvalue weighted by atomic mass is 16.5. The summed E-state index contributed by atoms with van der Waals surface area (Å²) >= 11 is 0. The number of para-hydroxylation sites is 1. The van der Waals surface area contributed by atoms with E-state index in [2.05, 4.69) is 5.16 Å². The van der Waals surface area contributed by atoms with Gasteiger partial charge in [0.05, 0.1) is 5.69 Å². The largest absolute Gasteiger partial charge is 0.356 e. The van der Waals surface area contributed by atoms with Gasteiger partial charge < -0.3 is 9.32 Å². The molecule has 0 aliphatic rings. The zero-order chi connectivity index (χ0) is 9.10. The van der Waals surface area contributed by atoms with Crippen LogP contribution in [0.3, 0.4) is 0 Å². The molecule has 1 aromatic heterocycles. The number of aromatic nitrogens is 1. The molecule has 0 spiro atoms. The molecule has 0 amide bonds. The van der Waals surface area contributed by atoms with Gasteiger partial charge in [-0.05, 0) is 12.1 Å². The maximum absolute atomic E-state index is 10.2. The van der Waals surface area contributed by atoms with Crippen molar-refractivity contribution in [3.05, 3.63) is 30.0 Å². The van der Waals surface area contributed by atoms with Gasteiger partial charge in [0.25, 0.3) is 0 Å². The summed E-state index contributed by atoms with van der Waals surface area (Å²) in [5.74, 6) is 0. The second-order valence-corrected chi connectivity index (χ2v) is 2.83. The fourth-order valence-corrected chi connectivity index (χ4v) is 1.31. The van der Waals surface area contributed by atoms with Gasteiger partial charge in [0.1, 0.15) is 6.29 Å². The maximum Gasteiger partial charge on any atom is 0.167 e. The molecule has 0 bridgehead atoms. The van der Waals surface area contributed by atoms with Crippen molar-refractivity contribution >= 4 is 17.3 Å². The Morgan fingerprint density at radius 3 is 3.08 bits per heavy atom. The van der Waals surface area contributed by atoms with E-state index in [1.54, 1.807) is 0 Å². The predicted octanol–water partition coefficient (Wildman–Crippen LogP) is 1.96. The zero-order valence-electron chi connectivity index (χ0n) is 7.06. The highest BCUT2D eigenvalue weighted by Gasteiger charge is 2.05. The Bertz CT molecular complexity index is 420. The average molecular weight is 175 g/mol. The van der Waals surface area contributed by atoms with E-state index in [-0.39, 0.29) is 0 Å². The Hall–Kier alpha value is -1.64. The van der Waals surface area contributed by atoms with Crippen LogP contribution in [0.1, 0.15) is 12.1 Å². The number of nitrogens with zero attached hydrogens (tertiary/aromatic N) is 1. The molecule has 0 aliphatic heterocycles. The van der Waals surface area contributed by atoms with Crippen molar-refractivity contribution in [3.8, 4) is 0 Å². The lowest BCUT2D eigenvalue weighted by Crippen LogP contribution is -1.85. The van der Waals surface area contributed by atoms with Gasteiger partial charge in [-0.25, -0.2) is 0 Å². The van der Waals surface area contributed by atoms with E-state index in [1.807, 2.05) is 24.3 Å². The van der Waals surface area contributed by atoms with Crippen molar-refractivity contribution in [2.75, 3.05) is 0 Å². The number of rotatable bonds is 3. The minimum Gasteiger partial charge on any atom is -0.356 e. The van der Waals surface area contributed by atoms with Crippen LogP contribution in [-0.2, 0) is 11.2 Å². The molecule has 0 saturated heterocycles. The standard InChI is InChI=1S/C10H9NO2/c12-7-3-5-9-8-4-1-2-6-10(8)13-11-9/h1-2,4,6-7H,3,5H2. The lowest BCUT2D eigenvalue weighted by atomic mass is 10.1. The first-order valence-corrected chi connectivity index (χ1v) is 4.19. The monoisotopic (exact) mass is 175 g/mol. The number of aryl methyl sites for hydroxylation is 1. The van der Waals surface area contributed by atoms with E-state index < -0.39 is 0 Å². The Kier molecular flexibility index (Phi) is 2.08. The van der Waals surface area contributed by atoms with Crippen LogP contribution >= 0.6 is 0 Å². The van der Waals surface area contributed by atoms with Crippen molar-refractivity contribution in [1.29, 1.82) is 0 Å². The predicted molar refractivity (Wildman–Crippen MR) is 48.4 cm³/mol. The molecule has 0 saturated carbocycles. The van der Waals surface area contributed by atoms with Crippen molar-refractivity contribution in [2.24, 2.45) is 0 Å². The third-order valence-corrected chi connectivity index (χ3v) is 1.95. The van der Waals surface area contributed by atoms with Crippen molar-refractivity contribution in [1.82, 2.24) is 5.16 Å². The number of benzene rings is 1. The SMILES string of the molecule is O=CCCc1noc2ccccc12. The number of carbonyl (C=O) groups excluding carboxylic acids is 1. The van der Waals surface area contributed by atoms with Gasteiger partial charge in [0, 0.05) is 18.2 Å². The molecule has 0 atom stereocenters. The Balaban J connectivity index is 2.40. The normalized spacial score (nSPS) is 10.5.